The van der Waals surface area contributed by atoms with Gasteiger partial charge >= 0.3 is 12.0 Å². The fourth-order valence-electron chi connectivity index (χ4n) is 3.00. The number of piperazine rings is 1. The summed E-state index contributed by atoms with van der Waals surface area (Å²) in [6.07, 6.45) is -4.95. The molecular formula is C16H15F6N4O+. The normalized spacial score (nSPS) is 18.0. The predicted octanol–water partition coefficient (Wildman–Crippen LogP) is 1.59. The van der Waals surface area contributed by atoms with Gasteiger partial charge in [-0.05, 0) is 18.1 Å². The third-order valence-corrected chi connectivity index (χ3v) is 4.34. The number of aliphatic imine (C=N–C) groups is 1. The summed E-state index contributed by atoms with van der Waals surface area (Å²) in [5.41, 5.74) is 5.64. The third kappa shape index (κ3) is 3.97. The Kier molecular flexibility index (Phi) is 4.98. The number of hydrogen-bond acceptors (Lipinski definition) is 3. The molecule has 1 amide bonds. The van der Waals surface area contributed by atoms with Crippen LogP contribution in [-0.4, -0.2) is 58.9 Å². The first kappa shape index (κ1) is 19.3. The molecule has 1 saturated heterocycles. The number of carbonyl (C=O) groups excluding carboxylic acids is 1. The smallest absolute Gasteiger partial charge is 0.329 e. The molecular weight excluding hydrogens is 378 g/mol. The zero-order chi connectivity index (χ0) is 19.9. The number of halogens is 6. The standard InChI is InChI=1S/C16H15F6N4O/c17-10-6-12(19)11(18)4-8(10)3-9(23)5-14(27)25-1-2-26-13(7-25)24-15(26)16(20,21)22/h4,6,9H,1-3,5,7,23H2/q+1. The van der Waals surface area contributed by atoms with E-state index < -0.39 is 41.4 Å². The second kappa shape index (κ2) is 6.95. The van der Waals surface area contributed by atoms with Crippen molar-refractivity contribution in [1.29, 1.82) is 0 Å². The van der Waals surface area contributed by atoms with Crippen molar-refractivity contribution in [3.05, 3.63) is 35.1 Å². The average Bonchev–Trinajstić information content (AvgIpc) is 2.52. The van der Waals surface area contributed by atoms with Crippen LogP contribution in [0.1, 0.15) is 12.0 Å². The molecule has 0 radical (unpaired) electrons. The number of fused-ring (bicyclic) bond motifs is 1. The summed E-state index contributed by atoms with van der Waals surface area (Å²) >= 11 is 0. The Hall–Kier alpha value is -2.43. The van der Waals surface area contributed by atoms with Gasteiger partial charge in [-0.2, -0.15) is 13.2 Å². The molecule has 27 heavy (non-hydrogen) atoms. The highest BCUT2D eigenvalue weighted by Crippen LogP contribution is 2.24. The minimum atomic E-state index is -4.54. The number of amidine groups is 2. The van der Waals surface area contributed by atoms with E-state index in [0.29, 0.717) is 12.1 Å². The summed E-state index contributed by atoms with van der Waals surface area (Å²) in [5, 5.41) is 0. The van der Waals surface area contributed by atoms with E-state index >= 15 is 0 Å². The Bertz CT molecular complexity index is 848. The molecule has 2 aliphatic rings. The maximum Gasteiger partial charge on any atom is 0.482 e. The summed E-state index contributed by atoms with van der Waals surface area (Å²) in [7, 11) is 0. The van der Waals surface area contributed by atoms with E-state index in [4.69, 9.17) is 5.73 Å². The van der Waals surface area contributed by atoms with Crippen LogP contribution in [0.25, 0.3) is 0 Å². The Balaban J connectivity index is 1.57. The van der Waals surface area contributed by atoms with Gasteiger partial charge in [-0.15, -0.1) is 0 Å². The monoisotopic (exact) mass is 393 g/mol. The van der Waals surface area contributed by atoms with Crippen LogP contribution in [-0.2, 0) is 11.2 Å². The van der Waals surface area contributed by atoms with E-state index in [-0.39, 0.29) is 43.9 Å². The van der Waals surface area contributed by atoms with Crippen LogP contribution in [0.2, 0.25) is 0 Å². The minimum absolute atomic E-state index is 0.0353. The molecule has 0 bridgehead atoms. The zero-order valence-corrected chi connectivity index (χ0v) is 13.9. The van der Waals surface area contributed by atoms with Crippen LogP contribution in [0.15, 0.2) is 17.1 Å². The summed E-state index contributed by atoms with van der Waals surface area (Å²) in [5.74, 6) is -4.79. The lowest BCUT2D eigenvalue weighted by Crippen LogP contribution is -2.57. The van der Waals surface area contributed by atoms with Crippen molar-refractivity contribution in [2.45, 2.75) is 25.1 Å². The van der Waals surface area contributed by atoms with Gasteiger partial charge in [0.1, 0.15) is 12.4 Å². The molecule has 1 unspecified atom stereocenters. The molecule has 0 aromatic heterocycles. The fourth-order valence-corrected chi connectivity index (χ4v) is 3.00. The van der Waals surface area contributed by atoms with E-state index in [2.05, 4.69) is 4.99 Å². The van der Waals surface area contributed by atoms with Gasteiger partial charge in [0, 0.05) is 18.5 Å². The lowest BCUT2D eigenvalue weighted by molar-refractivity contribution is -0.443. The SMILES string of the molecule is NC(CC(=O)N1CC[N+]2=C(C(F)(F)F)N=C2C1)Cc1cc(F)c(F)cc1F. The Morgan fingerprint density at radius 2 is 1.89 bits per heavy atom. The van der Waals surface area contributed by atoms with Crippen molar-refractivity contribution >= 4 is 17.6 Å². The third-order valence-electron chi connectivity index (χ3n) is 4.34. The summed E-state index contributed by atoms with van der Waals surface area (Å²) < 4.78 is 78.7. The minimum Gasteiger partial charge on any atom is -0.329 e. The molecule has 1 aromatic carbocycles. The van der Waals surface area contributed by atoms with E-state index in [1.807, 2.05) is 0 Å². The molecule has 0 saturated carbocycles. The average molecular weight is 393 g/mol. The first-order valence-corrected chi connectivity index (χ1v) is 8.02. The molecule has 3 rings (SSSR count). The molecule has 2 N–H and O–H groups in total. The summed E-state index contributed by atoms with van der Waals surface area (Å²) in [6, 6.07) is 0.225. The molecule has 1 aromatic rings. The highest BCUT2D eigenvalue weighted by atomic mass is 19.4. The molecule has 2 heterocycles. The van der Waals surface area contributed by atoms with E-state index in [1.54, 1.807) is 0 Å². The van der Waals surface area contributed by atoms with Crippen LogP contribution < -0.4 is 5.73 Å². The fraction of sp³-hybridized carbons (Fsp3) is 0.438. The molecule has 5 nitrogen and oxygen atoms in total. The van der Waals surface area contributed by atoms with Gasteiger partial charge in [0.25, 0.3) is 5.84 Å². The van der Waals surface area contributed by atoms with Crippen LogP contribution in [0.5, 0.6) is 0 Å². The van der Waals surface area contributed by atoms with Crippen molar-refractivity contribution < 1.29 is 35.7 Å². The van der Waals surface area contributed by atoms with Crippen molar-refractivity contribution in [2.75, 3.05) is 19.6 Å². The van der Waals surface area contributed by atoms with Gasteiger partial charge in [0.15, 0.2) is 11.6 Å². The molecule has 2 aliphatic heterocycles. The van der Waals surface area contributed by atoms with Crippen LogP contribution in [0.3, 0.4) is 0 Å². The van der Waals surface area contributed by atoms with E-state index in [9.17, 15) is 31.1 Å². The van der Waals surface area contributed by atoms with Crippen molar-refractivity contribution in [3.8, 4) is 0 Å². The molecule has 146 valence electrons. The van der Waals surface area contributed by atoms with Gasteiger partial charge in [0.05, 0.1) is 13.1 Å². The van der Waals surface area contributed by atoms with Gasteiger partial charge in [-0.3, -0.25) is 4.79 Å². The van der Waals surface area contributed by atoms with Crippen molar-refractivity contribution in [2.24, 2.45) is 10.7 Å². The van der Waals surface area contributed by atoms with Crippen LogP contribution in [0, 0.1) is 17.5 Å². The van der Waals surface area contributed by atoms with Gasteiger partial charge < -0.3 is 10.6 Å². The highest BCUT2D eigenvalue weighted by Gasteiger charge is 2.51. The topological polar surface area (TPSA) is 61.7 Å². The summed E-state index contributed by atoms with van der Waals surface area (Å²) in [4.78, 5) is 17.0. The highest BCUT2D eigenvalue weighted by molar-refractivity contribution is 6.05. The zero-order valence-electron chi connectivity index (χ0n) is 13.9. The van der Waals surface area contributed by atoms with E-state index in [0.717, 1.165) is 4.58 Å². The number of amides is 1. The summed E-state index contributed by atoms with van der Waals surface area (Å²) in [6.45, 7) is -0.0547. The molecule has 1 atom stereocenters. The first-order valence-electron chi connectivity index (χ1n) is 8.02. The first-order chi connectivity index (χ1) is 12.6. The number of rotatable bonds is 4. The van der Waals surface area contributed by atoms with Crippen molar-refractivity contribution in [3.63, 3.8) is 0 Å². The molecule has 1 fully saturated rings. The maximum atomic E-state index is 13.6. The van der Waals surface area contributed by atoms with Gasteiger partial charge in [-0.1, -0.05) is 4.99 Å². The van der Waals surface area contributed by atoms with Crippen LogP contribution >= 0.6 is 0 Å². The lowest BCUT2D eigenvalue weighted by Gasteiger charge is -2.32. The second-order valence-electron chi connectivity index (χ2n) is 6.34. The number of nitrogens with zero attached hydrogens (tertiary/aromatic N) is 3. The molecule has 0 aliphatic carbocycles. The van der Waals surface area contributed by atoms with Crippen LogP contribution in [0.4, 0.5) is 26.3 Å². The maximum absolute atomic E-state index is 13.6. The Labute approximate surface area is 149 Å². The quantitative estimate of drug-likeness (QED) is 0.480. The predicted molar refractivity (Wildman–Crippen MR) is 82.8 cm³/mol. The Morgan fingerprint density at radius 1 is 1.22 bits per heavy atom. The number of benzene rings is 1. The Morgan fingerprint density at radius 3 is 2.52 bits per heavy atom. The lowest BCUT2D eigenvalue weighted by atomic mass is 10.0. The number of carbonyl (C=O) groups is 1. The molecule has 0 spiro atoms. The van der Waals surface area contributed by atoms with Gasteiger partial charge in [0.2, 0.25) is 5.91 Å². The van der Waals surface area contributed by atoms with Crippen molar-refractivity contribution in [1.82, 2.24) is 4.90 Å². The second-order valence-corrected chi connectivity index (χ2v) is 6.34. The number of hydrogen-bond donors (Lipinski definition) is 1. The number of nitrogens with two attached hydrogens (primary N) is 1. The molecule has 11 heteroatoms. The van der Waals surface area contributed by atoms with Gasteiger partial charge in [-0.25, -0.2) is 17.7 Å². The van der Waals surface area contributed by atoms with E-state index in [1.165, 1.54) is 4.90 Å². The number of alkyl halides is 3. The largest absolute Gasteiger partial charge is 0.482 e.